The summed E-state index contributed by atoms with van der Waals surface area (Å²) in [6.45, 7) is 0. The van der Waals surface area contributed by atoms with Gasteiger partial charge in [0.15, 0.2) is 23.7 Å². The Hall–Kier alpha value is -2.34. The first kappa shape index (κ1) is 14.6. The number of Topliss-reactive ketones (excluding diaryl/α,β-unsaturated/α-hetero) is 2. The summed E-state index contributed by atoms with van der Waals surface area (Å²) in [4.78, 5) is 28.3. The van der Waals surface area contributed by atoms with Crippen molar-refractivity contribution in [3.63, 3.8) is 0 Å². The Labute approximate surface area is 128 Å². The number of ether oxygens (including phenoxy) is 1. The number of likely N-dealkylation sites (N-methyl/N-ethyl adjacent to an activating group) is 1. The number of nitrogens with zero attached hydrogens (tertiary/aromatic N) is 2. The fraction of sp³-hybridized carbons (Fsp3) is 0.375. The fourth-order valence-electron chi connectivity index (χ4n) is 2.49. The smallest absolute Gasteiger partial charge is 0.195 e. The molecule has 0 aromatic carbocycles. The third-order valence-electron chi connectivity index (χ3n) is 3.77. The highest BCUT2D eigenvalue weighted by Gasteiger charge is 2.50. The third kappa shape index (κ3) is 2.16. The maximum Gasteiger partial charge on any atom is 0.195 e. The molecular weight excluding hydrogens is 284 g/mol. The molecule has 0 spiro atoms. The minimum absolute atomic E-state index is 0.133. The van der Waals surface area contributed by atoms with Gasteiger partial charge in [-0.15, -0.1) is 0 Å². The molecule has 0 radical (unpaired) electrons. The van der Waals surface area contributed by atoms with Crippen LogP contribution in [0.15, 0.2) is 40.0 Å². The summed E-state index contributed by atoms with van der Waals surface area (Å²) < 4.78 is 11.2. The summed E-state index contributed by atoms with van der Waals surface area (Å²) in [6.07, 6.45) is 3.25. The van der Waals surface area contributed by atoms with E-state index in [2.05, 4.69) is 0 Å². The quantitative estimate of drug-likeness (QED) is 0.476. The second-order valence-corrected chi connectivity index (χ2v) is 5.80. The van der Waals surface area contributed by atoms with Crippen LogP contribution >= 0.6 is 0 Å². The van der Waals surface area contributed by atoms with Crippen LogP contribution in [0.3, 0.4) is 0 Å². The molecular formula is C16H18N2O4. The molecule has 6 heteroatoms. The van der Waals surface area contributed by atoms with Crippen molar-refractivity contribution in [2.75, 3.05) is 33.1 Å². The lowest BCUT2D eigenvalue weighted by Crippen LogP contribution is -2.40. The van der Waals surface area contributed by atoms with Gasteiger partial charge in [-0.1, -0.05) is 0 Å². The molecule has 1 atom stereocenters. The van der Waals surface area contributed by atoms with E-state index in [9.17, 15) is 9.59 Å². The number of hydrogen-bond donors (Lipinski definition) is 0. The van der Waals surface area contributed by atoms with Crippen LogP contribution < -0.4 is 4.90 Å². The van der Waals surface area contributed by atoms with E-state index in [1.54, 1.807) is 23.1 Å². The Morgan fingerprint density at radius 2 is 1.73 bits per heavy atom. The minimum Gasteiger partial charge on any atom is -0.471 e. The van der Waals surface area contributed by atoms with Crippen LogP contribution in [0.2, 0.25) is 0 Å². The Bertz CT molecular complexity index is 679. The van der Waals surface area contributed by atoms with E-state index >= 15 is 0 Å². The van der Waals surface area contributed by atoms with Gasteiger partial charge in [0.05, 0.1) is 0 Å². The van der Waals surface area contributed by atoms with E-state index < -0.39 is 5.92 Å². The number of anilines is 1. The largest absolute Gasteiger partial charge is 0.471 e. The maximum absolute atomic E-state index is 12.3. The molecule has 1 aromatic heterocycles. The van der Waals surface area contributed by atoms with Crippen LogP contribution in [0.5, 0.6) is 0 Å². The molecule has 0 N–H and O–H groups in total. The topological polar surface area (TPSA) is 63.0 Å². The van der Waals surface area contributed by atoms with E-state index in [1.165, 1.54) is 0 Å². The zero-order valence-electron chi connectivity index (χ0n) is 13.0. The van der Waals surface area contributed by atoms with Crippen molar-refractivity contribution in [2.24, 2.45) is 0 Å². The highest BCUT2D eigenvalue weighted by atomic mass is 16.5. The maximum atomic E-state index is 12.3. The van der Waals surface area contributed by atoms with Crippen molar-refractivity contribution in [3.05, 3.63) is 41.4 Å². The average Bonchev–Trinajstić information content (AvgIpc) is 3.08. The first-order valence-electron chi connectivity index (χ1n) is 7.01. The number of hydrogen-bond acceptors (Lipinski definition) is 6. The van der Waals surface area contributed by atoms with Gasteiger partial charge in [-0.2, -0.15) is 0 Å². The van der Waals surface area contributed by atoms with Crippen molar-refractivity contribution >= 4 is 17.5 Å². The van der Waals surface area contributed by atoms with Gasteiger partial charge in [-0.05, 0) is 32.3 Å². The van der Waals surface area contributed by atoms with E-state index in [0.717, 1.165) is 0 Å². The van der Waals surface area contributed by atoms with Crippen molar-refractivity contribution in [1.29, 1.82) is 0 Å². The summed E-state index contributed by atoms with van der Waals surface area (Å²) >= 11 is 0. The highest BCUT2D eigenvalue weighted by molar-refractivity contribution is 6.42. The SMILES string of the molecule is CN(C)c1ccc(C2C(=O)C(=C3C=CC(N(C)C)O3)C2=O)o1. The number of allylic oxidation sites excluding steroid dienone is 2. The molecule has 1 saturated carbocycles. The van der Waals surface area contributed by atoms with Crippen LogP contribution in [-0.4, -0.2) is 50.9 Å². The van der Waals surface area contributed by atoms with E-state index in [4.69, 9.17) is 9.15 Å². The van der Waals surface area contributed by atoms with Gasteiger partial charge in [-0.3, -0.25) is 14.5 Å². The van der Waals surface area contributed by atoms with Gasteiger partial charge in [0.1, 0.15) is 23.0 Å². The van der Waals surface area contributed by atoms with Crippen LogP contribution in [0.25, 0.3) is 0 Å². The molecule has 0 amide bonds. The predicted molar refractivity (Wildman–Crippen MR) is 80.5 cm³/mol. The van der Waals surface area contributed by atoms with Gasteiger partial charge in [0, 0.05) is 20.2 Å². The van der Waals surface area contributed by atoms with Gasteiger partial charge in [0.2, 0.25) is 0 Å². The standard InChI is InChI=1S/C16H18N2O4/c1-17(2)11-7-5-9(21-11)13-15(19)14(16(13)20)10-6-8-12(22-10)18(3)4/h5-8,11,14H,1-4H3. The summed E-state index contributed by atoms with van der Waals surface area (Å²) in [5.74, 6) is 0.0129. The molecule has 1 aliphatic carbocycles. The average molecular weight is 302 g/mol. The number of ketones is 2. The molecule has 6 nitrogen and oxygen atoms in total. The van der Waals surface area contributed by atoms with Gasteiger partial charge in [0.25, 0.3) is 0 Å². The molecule has 1 aromatic rings. The highest BCUT2D eigenvalue weighted by Crippen LogP contribution is 2.39. The Balaban J connectivity index is 1.82. The van der Waals surface area contributed by atoms with Crippen molar-refractivity contribution in [1.82, 2.24) is 4.90 Å². The second-order valence-electron chi connectivity index (χ2n) is 5.80. The van der Waals surface area contributed by atoms with Crippen LogP contribution in [0.4, 0.5) is 5.88 Å². The van der Waals surface area contributed by atoms with Crippen LogP contribution in [0, 0.1) is 0 Å². The monoisotopic (exact) mass is 302 g/mol. The number of rotatable bonds is 3. The van der Waals surface area contributed by atoms with Crippen molar-refractivity contribution in [3.8, 4) is 0 Å². The molecule has 22 heavy (non-hydrogen) atoms. The summed E-state index contributed by atoms with van der Waals surface area (Å²) in [6, 6.07) is 3.42. The molecule has 1 unspecified atom stereocenters. The lowest BCUT2D eigenvalue weighted by Gasteiger charge is -2.26. The molecule has 2 heterocycles. The molecule has 116 valence electrons. The number of carbonyl (C=O) groups is 2. The summed E-state index contributed by atoms with van der Waals surface area (Å²) in [5.41, 5.74) is 0.133. The summed E-state index contributed by atoms with van der Waals surface area (Å²) in [7, 11) is 7.39. The zero-order valence-corrected chi connectivity index (χ0v) is 13.0. The third-order valence-corrected chi connectivity index (χ3v) is 3.77. The first-order valence-corrected chi connectivity index (χ1v) is 7.01. The number of furan rings is 1. The zero-order chi connectivity index (χ0) is 16.0. The Morgan fingerprint density at radius 3 is 2.23 bits per heavy atom. The van der Waals surface area contributed by atoms with E-state index in [1.807, 2.05) is 39.2 Å². The van der Waals surface area contributed by atoms with Crippen molar-refractivity contribution < 1.29 is 18.7 Å². The van der Waals surface area contributed by atoms with Gasteiger partial charge < -0.3 is 14.1 Å². The van der Waals surface area contributed by atoms with E-state index in [0.29, 0.717) is 17.4 Å². The molecule has 2 aliphatic rings. The lowest BCUT2D eigenvalue weighted by molar-refractivity contribution is -0.134. The van der Waals surface area contributed by atoms with Gasteiger partial charge >= 0.3 is 0 Å². The van der Waals surface area contributed by atoms with Crippen LogP contribution in [-0.2, 0) is 14.3 Å². The molecule has 0 saturated heterocycles. The Kier molecular flexibility index (Phi) is 3.41. The Morgan fingerprint density at radius 1 is 1.05 bits per heavy atom. The lowest BCUT2D eigenvalue weighted by atomic mass is 9.75. The normalized spacial score (nSPS) is 24.0. The van der Waals surface area contributed by atoms with Crippen LogP contribution in [0.1, 0.15) is 11.7 Å². The van der Waals surface area contributed by atoms with Crippen molar-refractivity contribution in [2.45, 2.75) is 12.1 Å². The fourth-order valence-corrected chi connectivity index (χ4v) is 2.49. The predicted octanol–water partition coefficient (Wildman–Crippen LogP) is 1.31. The molecule has 0 bridgehead atoms. The molecule has 3 rings (SSSR count). The molecule has 1 fully saturated rings. The molecule has 1 aliphatic heterocycles. The minimum atomic E-state index is -0.841. The first-order chi connectivity index (χ1) is 10.4. The van der Waals surface area contributed by atoms with Gasteiger partial charge in [-0.25, -0.2) is 0 Å². The van der Waals surface area contributed by atoms with E-state index in [-0.39, 0.29) is 23.4 Å². The number of carbonyl (C=O) groups excluding carboxylic acids is 2. The second kappa shape index (κ2) is 5.14. The summed E-state index contributed by atoms with van der Waals surface area (Å²) in [5, 5.41) is 0.